The number of nitrogens with two attached hydrogens (primary N) is 1. The molecule has 0 aliphatic heterocycles. The number of carbonyl (C=O) groups is 1. The van der Waals surface area contributed by atoms with Gasteiger partial charge in [0.15, 0.2) is 5.69 Å². The average molecular weight is 434 g/mol. The summed E-state index contributed by atoms with van der Waals surface area (Å²) in [4.78, 5) is 13.9. The van der Waals surface area contributed by atoms with Gasteiger partial charge in [-0.15, -0.1) is 16.9 Å². The zero-order valence-corrected chi connectivity index (χ0v) is 17.3. The Balaban J connectivity index is 1.61. The molecule has 0 bridgehead atoms. The van der Waals surface area contributed by atoms with E-state index in [0.717, 1.165) is 10.5 Å². The number of hydrogen-bond acceptors (Lipinski definition) is 9. The molecule has 2 aromatic heterocycles. The highest BCUT2D eigenvalue weighted by Crippen LogP contribution is 2.25. The van der Waals surface area contributed by atoms with E-state index in [0.29, 0.717) is 17.2 Å². The Morgan fingerprint density at radius 1 is 1.13 bits per heavy atom. The molecule has 0 spiro atoms. The molecule has 31 heavy (non-hydrogen) atoms. The number of nitrogens with one attached hydrogen (secondary N) is 1. The van der Waals surface area contributed by atoms with E-state index in [1.54, 1.807) is 6.92 Å². The fraction of sp³-hybridized carbons (Fsp3) is 0.100. The molecule has 2 heterocycles. The number of amides is 1. The first kappa shape index (κ1) is 20.3. The van der Waals surface area contributed by atoms with Gasteiger partial charge in [-0.05, 0) is 34.9 Å². The number of carbonyl (C=O) groups excluding carboxylic acids is 1. The second-order valence-electron chi connectivity index (χ2n) is 6.38. The van der Waals surface area contributed by atoms with Crippen molar-refractivity contribution in [3.63, 3.8) is 0 Å². The quantitative estimate of drug-likeness (QED) is 0.257. The topological polar surface area (TPSA) is 137 Å². The third kappa shape index (κ3) is 4.61. The van der Waals surface area contributed by atoms with Crippen molar-refractivity contribution in [1.82, 2.24) is 30.7 Å². The van der Waals surface area contributed by atoms with E-state index >= 15 is 0 Å². The number of anilines is 1. The highest BCUT2D eigenvalue weighted by atomic mass is 32.2. The van der Waals surface area contributed by atoms with Gasteiger partial charge in [0.25, 0.3) is 5.91 Å². The zero-order valence-electron chi connectivity index (χ0n) is 16.5. The predicted molar refractivity (Wildman–Crippen MR) is 116 cm³/mol. The van der Waals surface area contributed by atoms with Crippen molar-refractivity contribution in [1.29, 1.82) is 0 Å². The second kappa shape index (κ2) is 9.22. The minimum absolute atomic E-state index is 0.0424. The summed E-state index contributed by atoms with van der Waals surface area (Å²) in [6.45, 7) is 1.81. The zero-order chi connectivity index (χ0) is 21.6. The Kier molecular flexibility index (Phi) is 6.03. The molecule has 0 unspecified atom stereocenters. The van der Waals surface area contributed by atoms with E-state index < -0.39 is 5.91 Å². The molecule has 156 valence electrons. The minimum Gasteiger partial charge on any atom is -0.378 e. The molecule has 10 nitrogen and oxygen atoms in total. The number of hydrogen-bond donors (Lipinski definition) is 2. The highest BCUT2D eigenvalue weighted by molar-refractivity contribution is 7.98. The van der Waals surface area contributed by atoms with Gasteiger partial charge in [0.05, 0.1) is 11.4 Å². The maximum Gasteiger partial charge on any atom is 0.293 e. The molecule has 0 fully saturated rings. The number of thioether (sulfide) groups is 1. The lowest BCUT2D eigenvalue weighted by Crippen LogP contribution is -2.21. The Morgan fingerprint density at radius 2 is 1.84 bits per heavy atom. The normalized spacial score (nSPS) is 11.5. The molecule has 0 saturated heterocycles. The average Bonchev–Trinajstić information content (AvgIpc) is 3.42. The van der Waals surface area contributed by atoms with Crippen LogP contribution in [-0.4, -0.2) is 36.9 Å². The van der Waals surface area contributed by atoms with Gasteiger partial charge < -0.3 is 5.73 Å². The van der Waals surface area contributed by atoms with Crippen LogP contribution in [-0.2, 0) is 5.75 Å². The van der Waals surface area contributed by atoms with Crippen LogP contribution in [0, 0.1) is 0 Å². The van der Waals surface area contributed by atoms with Gasteiger partial charge in [-0.2, -0.15) is 9.78 Å². The van der Waals surface area contributed by atoms with E-state index in [1.807, 2.05) is 60.7 Å². The lowest BCUT2D eigenvalue weighted by Gasteiger charge is -2.06. The van der Waals surface area contributed by atoms with E-state index in [1.165, 1.54) is 16.4 Å². The number of nitrogens with zero attached hydrogens (tertiary/aromatic N) is 6. The van der Waals surface area contributed by atoms with Gasteiger partial charge in [0.2, 0.25) is 11.6 Å². The summed E-state index contributed by atoms with van der Waals surface area (Å²) in [6, 6.07) is 19.3. The van der Waals surface area contributed by atoms with Crippen molar-refractivity contribution in [3.8, 4) is 5.82 Å². The molecule has 1 amide bonds. The Bertz CT molecular complexity index is 1200. The maximum atomic E-state index is 12.8. The summed E-state index contributed by atoms with van der Waals surface area (Å²) in [6.07, 6.45) is 0. The summed E-state index contributed by atoms with van der Waals surface area (Å²) in [5.74, 6) is 0.0909. The fourth-order valence-electron chi connectivity index (χ4n) is 2.72. The van der Waals surface area contributed by atoms with Gasteiger partial charge in [-0.1, -0.05) is 53.7 Å². The third-order valence-electron chi connectivity index (χ3n) is 4.31. The number of nitrogen functional groups attached to an aromatic ring is 1. The Morgan fingerprint density at radius 3 is 2.52 bits per heavy atom. The SMILES string of the molecule is C/C(=N/NC(=O)c1nnn(-c2nonc2N)c1CSc1ccccc1)c1ccccc1. The minimum atomic E-state index is -0.500. The van der Waals surface area contributed by atoms with Gasteiger partial charge in [0.1, 0.15) is 0 Å². The van der Waals surface area contributed by atoms with Crippen molar-refractivity contribution in [2.45, 2.75) is 17.6 Å². The van der Waals surface area contributed by atoms with Crippen molar-refractivity contribution >= 4 is 29.2 Å². The smallest absolute Gasteiger partial charge is 0.293 e. The molecule has 0 radical (unpaired) electrons. The van der Waals surface area contributed by atoms with E-state index in [4.69, 9.17) is 5.73 Å². The van der Waals surface area contributed by atoms with Gasteiger partial charge in [-0.3, -0.25) is 4.79 Å². The molecule has 0 atom stereocenters. The van der Waals surface area contributed by atoms with Crippen LogP contribution < -0.4 is 11.2 Å². The molecule has 0 aliphatic carbocycles. The van der Waals surface area contributed by atoms with Crippen LogP contribution in [0.4, 0.5) is 5.82 Å². The Hall–Kier alpha value is -3.99. The second-order valence-corrected chi connectivity index (χ2v) is 7.42. The third-order valence-corrected chi connectivity index (χ3v) is 5.33. The van der Waals surface area contributed by atoms with Gasteiger partial charge >= 0.3 is 0 Å². The summed E-state index contributed by atoms with van der Waals surface area (Å²) < 4.78 is 6.02. The molecular weight excluding hydrogens is 416 g/mol. The lowest BCUT2D eigenvalue weighted by atomic mass is 10.1. The molecule has 0 aliphatic rings. The summed E-state index contributed by atoms with van der Waals surface area (Å²) in [7, 11) is 0. The van der Waals surface area contributed by atoms with Crippen molar-refractivity contribution in [2.24, 2.45) is 5.10 Å². The first-order valence-corrected chi connectivity index (χ1v) is 10.2. The fourth-order valence-corrected chi connectivity index (χ4v) is 3.63. The van der Waals surface area contributed by atoms with E-state index in [-0.39, 0.29) is 17.3 Å². The first-order chi connectivity index (χ1) is 15.1. The lowest BCUT2D eigenvalue weighted by molar-refractivity contribution is 0.0949. The summed E-state index contributed by atoms with van der Waals surface area (Å²) in [5.41, 5.74) is 10.5. The maximum absolute atomic E-state index is 12.8. The van der Waals surface area contributed by atoms with Crippen LogP contribution >= 0.6 is 11.8 Å². The standard InChI is InChI=1S/C20H18N8O2S/c1-13(14-8-4-2-5-9-14)22-24-20(29)17-16(12-31-15-10-6-3-7-11-15)28(27-23-17)19-18(21)25-30-26-19/h2-11H,12H2,1H3,(H2,21,25)(H,24,29)/b22-13-. The van der Waals surface area contributed by atoms with Crippen LogP contribution in [0.15, 0.2) is 75.3 Å². The largest absolute Gasteiger partial charge is 0.378 e. The molecule has 3 N–H and O–H groups in total. The predicted octanol–water partition coefficient (Wildman–Crippen LogP) is 2.68. The molecule has 2 aromatic carbocycles. The van der Waals surface area contributed by atoms with Crippen LogP contribution in [0.2, 0.25) is 0 Å². The number of hydrazone groups is 1. The Labute approximate surface area is 181 Å². The van der Waals surface area contributed by atoms with Gasteiger partial charge in [0, 0.05) is 10.6 Å². The number of rotatable bonds is 7. The monoisotopic (exact) mass is 434 g/mol. The molecule has 0 saturated carbocycles. The summed E-state index contributed by atoms with van der Waals surface area (Å²) >= 11 is 1.51. The van der Waals surface area contributed by atoms with Gasteiger partial charge in [-0.25, -0.2) is 10.1 Å². The molecule has 4 aromatic rings. The molecule has 11 heteroatoms. The molecular formula is C20H18N8O2S. The summed E-state index contributed by atoms with van der Waals surface area (Å²) in [5, 5.41) is 19.6. The number of aromatic nitrogens is 5. The first-order valence-electron chi connectivity index (χ1n) is 9.24. The van der Waals surface area contributed by atoms with Crippen molar-refractivity contribution in [3.05, 3.63) is 77.6 Å². The molecule has 4 rings (SSSR count). The van der Waals surface area contributed by atoms with Crippen LogP contribution in [0.1, 0.15) is 28.7 Å². The van der Waals surface area contributed by atoms with Crippen LogP contribution in [0.3, 0.4) is 0 Å². The van der Waals surface area contributed by atoms with Crippen molar-refractivity contribution < 1.29 is 9.42 Å². The van der Waals surface area contributed by atoms with Crippen molar-refractivity contribution in [2.75, 3.05) is 5.73 Å². The van der Waals surface area contributed by atoms with E-state index in [9.17, 15) is 4.79 Å². The van der Waals surface area contributed by atoms with E-state index in [2.05, 4.69) is 35.8 Å². The number of benzene rings is 2. The highest BCUT2D eigenvalue weighted by Gasteiger charge is 2.24. The van der Waals surface area contributed by atoms with Crippen LogP contribution in [0.25, 0.3) is 5.82 Å². The van der Waals surface area contributed by atoms with Crippen LogP contribution in [0.5, 0.6) is 0 Å².